The molecule has 0 aliphatic carbocycles. The Bertz CT molecular complexity index is 851. The lowest BCUT2D eigenvalue weighted by Gasteiger charge is -2.00. The third-order valence-corrected chi connectivity index (χ3v) is 4.88. The zero-order valence-corrected chi connectivity index (χ0v) is 13.4. The number of rotatable bonds is 2. The fourth-order valence-electron chi connectivity index (χ4n) is 2.24. The second kappa shape index (κ2) is 5.16. The molecule has 0 saturated carbocycles. The molecule has 0 saturated heterocycles. The van der Waals surface area contributed by atoms with Crippen LogP contribution in [0.15, 0.2) is 24.3 Å². The van der Waals surface area contributed by atoms with Gasteiger partial charge in [-0.05, 0) is 38.1 Å². The van der Waals surface area contributed by atoms with Crippen LogP contribution in [0.5, 0.6) is 5.75 Å². The van der Waals surface area contributed by atoms with Crippen molar-refractivity contribution < 1.29 is 9.53 Å². The predicted octanol–water partition coefficient (Wildman–Crippen LogP) is 4.07. The summed E-state index contributed by atoms with van der Waals surface area (Å²) in [6, 6.07) is 7.44. The molecule has 0 aliphatic rings. The molecule has 0 fully saturated rings. The number of methoxy groups -OCH3 is 1. The summed E-state index contributed by atoms with van der Waals surface area (Å²) in [5.74, 6) is 0.538. The normalized spacial score (nSPS) is 11.0. The Kier molecular flexibility index (Phi) is 3.47. The number of halogens is 1. The van der Waals surface area contributed by atoms with Crippen molar-refractivity contribution in [1.82, 2.24) is 9.78 Å². The zero-order valence-electron chi connectivity index (χ0n) is 11.8. The van der Waals surface area contributed by atoms with Gasteiger partial charge in [0.05, 0.1) is 17.8 Å². The Balaban J connectivity index is 2.14. The number of hydrogen-bond donors (Lipinski definition) is 0. The van der Waals surface area contributed by atoms with Crippen LogP contribution in [-0.2, 0) is 0 Å². The largest absolute Gasteiger partial charge is 0.497 e. The maximum Gasteiger partial charge on any atom is 0.290 e. The molecule has 0 amide bonds. The molecule has 4 nitrogen and oxygen atoms in total. The fourth-order valence-corrected chi connectivity index (χ4v) is 3.71. The van der Waals surface area contributed by atoms with Crippen molar-refractivity contribution >= 4 is 38.9 Å². The van der Waals surface area contributed by atoms with Gasteiger partial charge >= 0.3 is 0 Å². The van der Waals surface area contributed by atoms with Gasteiger partial charge in [-0.25, -0.2) is 4.68 Å². The summed E-state index contributed by atoms with van der Waals surface area (Å²) in [4.78, 5) is 13.1. The molecule has 0 bridgehead atoms. The van der Waals surface area contributed by atoms with E-state index in [1.165, 1.54) is 16.0 Å². The van der Waals surface area contributed by atoms with Gasteiger partial charge in [0.25, 0.3) is 5.91 Å². The molecule has 0 radical (unpaired) electrons. The number of carbonyl (C=O) groups excluding carboxylic acids is 1. The first-order valence-electron chi connectivity index (χ1n) is 6.35. The molecule has 6 heteroatoms. The molecule has 1 aromatic carbocycles. The van der Waals surface area contributed by atoms with Gasteiger partial charge in [-0.2, -0.15) is 5.10 Å². The SMILES string of the molecule is COc1ccc2c(Cl)c(C(=O)n3nc(C)cc3C)sc2c1. The molecule has 0 N–H and O–H groups in total. The van der Waals surface area contributed by atoms with Gasteiger partial charge in [-0.3, -0.25) is 4.79 Å². The lowest BCUT2D eigenvalue weighted by molar-refractivity contribution is 0.0946. The van der Waals surface area contributed by atoms with E-state index in [1.54, 1.807) is 7.11 Å². The maximum absolute atomic E-state index is 12.6. The monoisotopic (exact) mass is 320 g/mol. The standard InChI is InChI=1S/C15H13ClN2O2S/c1-8-6-9(2)18(17-8)15(19)14-13(16)11-5-4-10(20-3)7-12(11)21-14/h4-7H,1-3H3. The number of benzene rings is 1. The molecular weight excluding hydrogens is 308 g/mol. The lowest BCUT2D eigenvalue weighted by Crippen LogP contribution is -2.14. The molecule has 0 atom stereocenters. The van der Waals surface area contributed by atoms with Crippen molar-refractivity contribution in [2.75, 3.05) is 7.11 Å². The topological polar surface area (TPSA) is 44.1 Å². The lowest BCUT2D eigenvalue weighted by atomic mass is 10.2. The fraction of sp³-hybridized carbons (Fsp3) is 0.200. The minimum absolute atomic E-state index is 0.203. The molecule has 2 heterocycles. The average molecular weight is 321 g/mol. The summed E-state index contributed by atoms with van der Waals surface area (Å²) >= 11 is 7.72. The van der Waals surface area contributed by atoms with Crippen LogP contribution in [0.4, 0.5) is 0 Å². The molecule has 0 spiro atoms. The Morgan fingerprint density at radius 2 is 2.10 bits per heavy atom. The van der Waals surface area contributed by atoms with E-state index >= 15 is 0 Å². The zero-order chi connectivity index (χ0) is 15.1. The number of aryl methyl sites for hydroxylation is 2. The summed E-state index contributed by atoms with van der Waals surface area (Å²) in [5, 5.41) is 5.54. The first kappa shape index (κ1) is 14.1. The van der Waals surface area contributed by atoms with Gasteiger partial charge < -0.3 is 4.74 Å². The molecule has 2 aromatic heterocycles. The molecule has 0 aliphatic heterocycles. The molecular formula is C15H13ClN2O2S. The van der Waals surface area contributed by atoms with E-state index in [0.717, 1.165) is 27.2 Å². The third-order valence-electron chi connectivity index (χ3n) is 3.23. The number of nitrogens with zero attached hydrogens (tertiary/aromatic N) is 2. The Morgan fingerprint density at radius 1 is 1.33 bits per heavy atom. The van der Waals surface area contributed by atoms with E-state index < -0.39 is 0 Å². The molecule has 21 heavy (non-hydrogen) atoms. The number of thiophene rings is 1. The minimum atomic E-state index is -0.203. The number of carbonyl (C=O) groups is 1. The summed E-state index contributed by atoms with van der Waals surface area (Å²) in [5.41, 5.74) is 1.60. The molecule has 0 unspecified atom stereocenters. The highest BCUT2D eigenvalue weighted by Gasteiger charge is 2.21. The van der Waals surface area contributed by atoms with Crippen molar-refractivity contribution in [3.05, 3.63) is 45.6 Å². The molecule has 3 aromatic rings. The summed E-state index contributed by atoms with van der Waals surface area (Å²) < 4.78 is 7.51. The van der Waals surface area contributed by atoms with Gasteiger partial charge in [-0.1, -0.05) is 11.6 Å². The van der Waals surface area contributed by atoms with E-state index in [-0.39, 0.29) is 5.91 Å². The highest BCUT2D eigenvalue weighted by molar-refractivity contribution is 7.21. The van der Waals surface area contributed by atoms with Crippen LogP contribution in [0, 0.1) is 13.8 Å². The average Bonchev–Trinajstić information content (AvgIpc) is 2.97. The third kappa shape index (κ3) is 2.32. The van der Waals surface area contributed by atoms with Crippen LogP contribution in [0.25, 0.3) is 10.1 Å². The number of hydrogen-bond acceptors (Lipinski definition) is 4. The van der Waals surface area contributed by atoms with Crippen molar-refractivity contribution in [2.24, 2.45) is 0 Å². The quantitative estimate of drug-likeness (QED) is 0.715. The minimum Gasteiger partial charge on any atom is -0.497 e. The van der Waals surface area contributed by atoms with Crippen LogP contribution in [0.3, 0.4) is 0 Å². The van der Waals surface area contributed by atoms with E-state index in [1.807, 2.05) is 38.1 Å². The van der Waals surface area contributed by atoms with Gasteiger partial charge in [0, 0.05) is 15.8 Å². The van der Waals surface area contributed by atoms with E-state index in [9.17, 15) is 4.79 Å². The van der Waals surface area contributed by atoms with E-state index in [2.05, 4.69) is 5.10 Å². The van der Waals surface area contributed by atoms with Crippen LogP contribution < -0.4 is 4.74 Å². The van der Waals surface area contributed by atoms with Crippen molar-refractivity contribution in [3.8, 4) is 5.75 Å². The van der Waals surface area contributed by atoms with E-state index in [4.69, 9.17) is 16.3 Å². The second-order valence-electron chi connectivity index (χ2n) is 4.75. The number of fused-ring (bicyclic) bond motifs is 1. The molecule has 108 valence electrons. The summed E-state index contributed by atoms with van der Waals surface area (Å²) in [6.45, 7) is 3.70. The van der Waals surface area contributed by atoms with Gasteiger partial charge in [0.15, 0.2) is 0 Å². The number of ether oxygens (including phenoxy) is 1. The highest BCUT2D eigenvalue weighted by Crippen LogP contribution is 2.37. The number of aromatic nitrogens is 2. The van der Waals surface area contributed by atoms with E-state index in [0.29, 0.717) is 9.90 Å². The second-order valence-corrected chi connectivity index (χ2v) is 6.18. The smallest absolute Gasteiger partial charge is 0.290 e. The summed E-state index contributed by atoms with van der Waals surface area (Å²) in [6.07, 6.45) is 0. The van der Waals surface area contributed by atoms with Crippen LogP contribution >= 0.6 is 22.9 Å². The van der Waals surface area contributed by atoms with Crippen LogP contribution in [0.1, 0.15) is 21.1 Å². The summed E-state index contributed by atoms with van der Waals surface area (Å²) in [7, 11) is 1.61. The van der Waals surface area contributed by atoms with Gasteiger partial charge in [-0.15, -0.1) is 11.3 Å². The molecule has 3 rings (SSSR count). The Labute approximate surface area is 130 Å². The maximum atomic E-state index is 12.6. The first-order chi connectivity index (χ1) is 10.0. The highest BCUT2D eigenvalue weighted by atomic mass is 35.5. The van der Waals surface area contributed by atoms with Gasteiger partial charge in [0.2, 0.25) is 0 Å². The van der Waals surface area contributed by atoms with Crippen LogP contribution in [-0.4, -0.2) is 22.8 Å². The van der Waals surface area contributed by atoms with Crippen LogP contribution in [0.2, 0.25) is 5.02 Å². The van der Waals surface area contributed by atoms with Crippen molar-refractivity contribution in [2.45, 2.75) is 13.8 Å². The predicted molar refractivity (Wildman–Crippen MR) is 84.8 cm³/mol. The Morgan fingerprint density at radius 3 is 2.71 bits per heavy atom. The van der Waals surface area contributed by atoms with Crippen molar-refractivity contribution in [1.29, 1.82) is 0 Å². The van der Waals surface area contributed by atoms with Gasteiger partial charge in [0.1, 0.15) is 10.6 Å². The first-order valence-corrected chi connectivity index (χ1v) is 7.54. The Hall–Kier alpha value is -1.85. The van der Waals surface area contributed by atoms with Crippen molar-refractivity contribution in [3.63, 3.8) is 0 Å².